The van der Waals surface area contributed by atoms with Gasteiger partial charge in [-0.3, -0.25) is 0 Å². The molecule has 0 atom stereocenters. The molecule has 0 fully saturated rings. The van der Waals surface area contributed by atoms with Crippen molar-refractivity contribution in [2.75, 3.05) is 19.0 Å². The molecule has 0 saturated heterocycles. The van der Waals surface area contributed by atoms with Crippen molar-refractivity contribution >= 4 is 21.6 Å². The van der Waals surface area contributed by atoms with Gasteiger partial charge in [0.2, 0.25) is 0 Å². The number of hydrogen-bond acceptors (Lipinski definition) is 2. The molecule has 106 valence electrons. The lowest BCUT2D eigenvalue weighted by Gasteiger charge is -2.14. The van der Waals surface area contributed by atoms with Crippen molar-refractivity contribution < 1.29 is 13.5 Å². The number of benzene rings is 2. The van der Waals surface area contributed by atoms with Crippen molar-refractivity contribution in [1.82, 2.24) is 0 Å². The SMILES string of the molecule is CN(C)c1cccc(Oc2c(F)cc(CBr)cc2F)c1. The van der Waals surface area contributed by atoms with Crippen molar-refractivity contribution in [3.8, 4) is 11.5 Å². The lowest BCUT2D eigenvalue weighted by Crippen LogP contribution is -2.08. The van der Waals surface area contributed by atoms with E-state index in [0.29, 0.717) is 16.6 Å². The first-order valence-corrected chi connectivity index (χ1v) is 7.12. The summed E-state index contributed by atoms with van der Waals surface area (Å²) in [5.41, 5.74) is 1.41. The molecule has 2 nitrogen and oxygen atoms in total. The summed E-state index contributed by atoms with van der Waals surface area (Å²) in [5, 5.41) is 0.386. The van der Waals surface area contributed by atoms with Crippen molar-refractivity contribution in [2.45, 2.75) is 5.33 Å². The summed E-state index contributed by atoms with van der Waals surface area (Å²) in [6, 6.07) is 9.54. The fraction of sp³-hybridized carbons (Fsp3) is 0.200. The molecule has 2 aromatic carbocycles. The molecule has 0 aromatic heterocycles. The smallest absolute Gasteiger partial charge is 0.198 e. The maximum atomic E-state index is 13.8. The molecule has 5 heteroatoms. The van der Waals surface area contributed by atoms with Gasteiger partial charge in [0.05, 0.1) is 0 Å². The summed E-state index contributed by atoms with van der Waals surface area (Å²) in [7, 11) is 3.76. The first kappa shape index (κ1) is 14.8. The third kappa shape index (κ3) is 3.28. The van der Waals surface area contributed by atoms with Crippen molar-refractivity contribution in [1.29, 1.82) is 0 Å². The summed E-state index contributed by atoms with van der Waals surface area (Å²) in [6.07, 6.45) is 0. The van der Waals surface area contributed by atoms with E-state index < -0.39 is 11.6 Å². The Hall–Kier alpha value is -1.62. The van der Waals surface area contributed by atoms with Crippen LogP contribution in [-0.2, 0) is 5.33 Å². The van der Waals surface area contributed by atoms with E-state index in [0.717, 1.165) is 5.69 Å². The molecule has 0 heterocycles. The van der Waals surface area contributed by atoms with Gasteiger partial charge < -0.3 is 9.64 Å². The second-order valence-corrected chi connectivity index (χ2v) is 5.08. The Morgan fingerprint density at radius 2 is 1.75 bits per heavy atom. The van der Waals surface area contributed by atoms with Crippen LogP contribution in [0.4, 0.5) is 14.5 Å². The van der Waals surface area contributed by atoms with Crippen LogP contribution in [-0.4, -0.2) is 14.1 Å². The van der Waals surface area contributed by atoms with Crippen LogP contribution in [0.15, 0.2) is 36.4 Å². The highest BCUT2D eigenvalue weighted by molar-refractivity contribution is 9.08. The Kier molecular flexibility index (Phi) is 4.60. The van der Waals surface area contributed by atoms with Crippen LogP contribution < -0.4 is 9.64 Å². The number of hydrogen-bond donors (Lipinski definition) is 0. The molecule has 20 heavy (non-hydrogen) atoms. The summed E-state index contributed by atoms with van der Waals surface area (Å²) >= 11 is 3.16. The summed E-state index contributed by atoms with van der Waals surface area (Å²) in [6.45, 7) is 0. The maximum absolute atomic E-state index is 13.8. The Morgan fingerprint density at radius 1 is 1.10 bits per heavy atom. The number of rotatable bonds is 4. The highest BCUT2D eigenvalue weighted by atomic mass is 79.9. The number of alkyl halides is 1. The second kappa shape index (κ2) is 6.22. The van der Waals surface area contributed by atoms with Gasteiger partial charge in [-0.2, -0.15) is 0 Å². The van der Waals surface area contributed by atoms with Crippen molar-refractivity contribution in [2.24, 2.45) is 0 Å². The van der Waals surface area contributed by atoms with E-state index in [-0.39, 0.29) is 5.75 Å². The van der Waals surface area contributed by atoms with E-state index >= 15 is 0 Å². The Labute approximate surface area is 125 Å². The molecule has 0 spiro atoms. The Balaban J connectivity index is 2.32. The van der Waals surface area contributed by atoms with E-state index in [1.807, 2.05) is 25.1 Å². The monoisotopic (exact) mass is 341 g/mol. The quantitative estimate of drug-likeness (QED) is 0.746. The lowest BCUT2D eigenvalue weighted by atomic mass is 10.2. The zero-order valence-corrected chi connectivity index (χ0v) is 12.7. The van der Waals surface area contributed by atoms with Crippen LogP contribution >= 0.6 is 15.9 Å². The van der Waals surface area contributed by atoms with Crippen LogP contribution in [0.5, 0.6) is 11.5 Å². The fourth-order valence-electron chi connectivity index (χ4n) is 1.73. The number of halogens is 3. The zero-order chi connectivity index (χ0) is 14.7. The molecule has 2 aromatic rings. The van der Waals surface area contributed by atoms with Crippen LogP contribution in [0.3, 0.4) is 0 Å². The molecule has 0 bridgehead atoms. The predicted octanol–water partition coefficient (Wildman–Crippen LogP) is 4.72. The van der Waals surface area contributed by atoms with E-state index in [1.165, 1.54) is 12.1 Å². The molecule has 0 radical (unpaired) electrons. The fourth-order valence-corrected chi connectivity index (χ4v) is 2.05. The summed E-state index contributed by atoms with van der Waals surface area (Å²) in [4.78, 5) is 1.88. The van der Waals surface area contributed by atoms with Gasteiger partial charge in [-0.15, -0.1) is 0 Å². The molecular formula is C15H14BrF2NO. The van der Waals surface area contributed by atoms with Gasteiger partial charge in [0, 0.05) is 31.2 Å². The zero-order valence-electron chi connectivity index (χ0n) is 11.2. The third-order valence-corrected chi connectivity index (χ3v) is 3.41. The average molecular weight is 342 g/mol. The molecule has 0 N–H and O–H groups in total. The standard InChI is InChI=1S/C15H14BrF2NO/c1-19(2)11-4-3-5-12(8-11)20-15-13(17)6-10(9-16)7-14(15)18/h3-8H,9H2,1-2H3. The van der Waals surface area contributed by atoms with E-state index in [4.69, 9.17) is 4.74 Å². The lowest BCUT2D eigenvalue weighted by molar-refractivity contribution is 0.407. The molecule has 0 saturated carbocycles. The highest BCUT2D eigenvalue weighted by Crippen LogP contribution is 2.30. The molecule has 0 aliphatic carbocycles. The van der Waals surface area contributed by atoms with Gasteiger partial charge in [0.15, 0.2) is 17.4 Å². The Morgan fingerprint density at radius 3 is 2.30 bits per heavy atom. The molecule has 0 aliphatic heterocycles. The first-order chi connectivity index (χ1) is 9.51. The van der Waals surface area contributed by atoms with Crippen LogP contribution in [0.2, 0.25) is 0 Å². The normalized spacial score (nSPS) is 10.4. The van der Waals surface area contributed by atoms with E-state index in [9.17, 15) is 8.78 Å². The van der Waals surface area contributed by atoms with Gasteiger partial charge in [-0.05, 0) is 29.8 Å². The molecular weight excluding hydrogens is 328 g/mol. The third-order valence-electron chi connectivity index (χ3n) is 2.77. The van der Waals surface area contributed by atoms with Crippen molar-refractivity contribution in [3.63, 3.8) is 0 Å². The van der Waals surface area contributed by atoms with Gasteiger partial charge in [0.25, 0.3) is 0 Å². The minimum Gasteiger partial charge on any atom is -0.451 e. The van der Waals surface area contributed by atoms with Crippen LogP contribution in [0.1, 0.15) is 5.56 Å². The van der Waals surface area contributed by atoms with Gasteiger partial charge >= 0.3 is 0 Å². The number of nitrogens with zero attached hydrogens (tertiary/aromatic N) is 1. The molecule has 0 unspecified atom stereocenters. The summed E-state index contributed by atoms with van der Waals surface area (Å²) < 4.78 is 33.0. The molecule has 0 amide bonds. The second-order valence-electron chi connectivity index (χ2n) is 4.52. The highest BCUT2D eigenvalue weighted by Gasteiger charge is 2.13. The topological polar surface area (TPSA) is 12.5 Å². The number of ether oxygens (including phenoxy) is 1. The van der Waals surface area contributed by atoms with Gasteiger partial charge in [0.1, 0.15) is 5.75 Å². The average Bonchev–Trinajstić information content (AvgIpc) is 2.42. The summed E-state index contributed by atoms with van der Waals surface area (Å²) in [5.74, 6) is -1.42. The molecule has 2 rings (SSSR count). The van der Waals surface area contributed by atoms with Gasteiger partial charge in [-0.25, -0.2) is 8.78 Å². The minimum absolute atomic E-state index is 0.384. The van der Waals surface area contributed by atoms with Crippen LogP contribution in [0.25, 0.3) is 0 Å². The van der Waals surface area contributed by atoms with Crippen molar-refractivity contribution in [3.05, 3.63) is 53.6 Å². The number of anilines is 1. The van der Waals surface area contributed by atoms with Crippen LogP contribution in [0, 0.1) is 11.6 Å². The predicted molar refractivity (Wildman–Crippen MR) is 79.8 cm³/mol. The minimum atomic E-state index is -0.713. The maximum Gasteiger partial charge on any atom is 0.198 e. The van der Waals surface area contributed by atoms with E-state index in [2.05, 4.69) is 15.9 Å². The largest absolute Gasteiger partial charge is 0.451 e. The van der Waals surface area contributed by atoms with E-state index in [1.54, 1.807) is 18.2 Å². The van der Waals surface area contributed by atoms with Gasteiger partial charge in [-0.1, -0.05) is 22.0 Å². The Bertz CT molecular complexity index is 594. The first-order valence-electron chi connectivity index (χ1n) is 6.00. The molecule has 0 aliphatic rings.